The molecule has 1 aromatic rings. The molecule has 0 bridgehead atoms. The highest BCUT2D eigenvalue weighted by molar-refractivity contribution is 4.92. The Morgan fingerprint density at radius 1 is 1.50 bits per heavy atom. The number of aromatic nitrogens is 2. The Labute approximate surface area is 83.3 Å². The minimum atomic E-state index is -0.851. The van der Waals surface area contributed by atoms with Crippen LogP contribution in [0.4, 0.5) is 0 Å². The molecule has 5 heteroatoms. The summed E-state index contributed by atoms with van der Waals surface area (Å²) in [7, 11) is 0. The summed E-state index contributed by atoms with van der Waals surface area (Å²) in [5.74, 6) is 0.812. The molecule has 1 unspecified atom stereocenters. The SMILES string of the molecule is CC(C)(C)Cc1noc(C(O)CN)n1. The number of rotatable bonds is 3. The number of aliphatic hydroxyl groups excluding tert-OH is 1. The fraction of sp³-hybridized carbons (Fsp3) is 0.778. The quantitative estimate of drug-likeness (QED) is 0.746. The molecule has 0 saturated carbocycles. The summed E-state index contributed by atoms with van der Waals surface area (Å²) in [5.41, 5.74) is 5.37. The third kappa shape index (κ3) is 3.08. The van der Waals surface area contributed by atoms with Gasteiger partial charge < -0.3 is 15.4 Å². The first-order chi connectivity index (χ1) is 6.42. The lowest BCUT2D eigenvalue weighted by Gasteiger charge is -2.14. The molecule has 0 fully saturated rings. The van der Waals surface area contributed by atoms with Crippen molar-refractivity contribution >= 4 is 0 Å². The van der Waals surface area contributed by atoms with Crippen LogP contribution in [0, 0.1) is 5.41 Å². The molecule has 0 spiro atoms. The molecule has 0 saturated heterocycles. The average molecular weight is 199 g/mol. The number of nitrogens with zero attached hydrogens (tertiary/aromatic N) is 2. The highest BCUT2D eigenvalue weighted by Crippen LogP contribution is 2.19. The van der Waals surface area contributed by atoms with Gasteiger partial charge in [-0.1, -0.05) is 25.9 Å². The van der Waals surface area contributed by atoms with E-state index < -0.39 is 6.10 Å². The first-order valence-corrected chi connectivity index (χ1v) is 4.63. The summed E-state index contributed by atoms with van der Waals surface area (Å²) in [5, 5.41) is 13.1. The predicted octanol–water partition coefficient (Wildman–Crippen LogP) is 0.650. The van der Waals surface area contributed by atoms with Crippen LogP contribution < -0.4 is 5.73 Å². The zero-order valence-corrected chi connectivity index (χ0v) is 8.82. The minimum absolute atomic E-state index is 0.0944. The molecule has 0 aliphatic carbocycles. The van der Waals surface area contributed by atoms with Crippen molar-refractivity contribution in [1.82, 2.24) is 10.1 Å². The summed E-state index contributed by atoms with van der Waals surface area (Å²) in [6, 6.07) is 0. The van der Waals surface area contributed by atoms with E-state index in [1.165, 1.54) is 0 Å². The van der Waals surface area contributed by atoms with Crippen LogP contribution in [0.1, 0.15) is 38.6 Å². The van der Waals surface area contributed by atoms with E-state index in [9.17, 15) is 5.11 Å². The molecule has 0 aliphatic heterocycles. The van der Waals surface area contributed by atoms with Crippen LogP contribution in [0.3, 0.4) is 0 Å². The first-order valence-electron chi connectivity index (χ1n) is 4.63. The second-order valence-electron chi connectivity index (χ2n) is 4.54. The largest absolute Gasteiger partial charge is 0.382 e. The van der Waals surface area contributed by atoms with Crippen molar-refractivity contribution in [3.63, 3.8) is 0 Å². The molecule has 1 rings (SSSR count). The van der Waals surface area contributed by atoms with E-state index in [4.69, 9.17) is 10.3 Å². The Morgan fingerprint density at radius 3 is 2.64 bits per heavy atom. The topological polar surface area (TPSA) is 85.2 Å². The van der Waals surface area contributed by atoms with E-state index >= 15 is 0 Å². The third-order valence-corrected chi connectivity index (χ3v) is 1.68. The molecule has 5 nitrogen and oxygen atoms in total. The smallest absolute Gasteiger partial charge is 0.256 e. The lowest BCUT2D eigenvalue weighted by molar-refractivity contribution is 0.141. The van der Waals surface area contributed by atoms with Crippen molar-refractivity contribution in [1.29, 1.82) is 0 Å². The van der Waals surface area contributed by atoms with Gasteiger partial charge in [-0.3, -0.25) is 0 Å². The lowest BCUT2D eigenvalue weighted by atomic mass is 9.92. The fourth-order valence-electron chi connectivity index (χ4n) is 1.05. The number of aliphatic hydroxyl groups is 1. The standard InChI is InChI=1S/C9H17N3O2/c1-9(2,3)4-7-11-8(14-12-7)6(13)5-10/h6,13H,4-5,10H2,1-3H3. The Bertz CT molecular complexity index is 290. The van der Waals surface area contributed by atoms with Crippen LogP contribution in [0.15, 0.2) is 4.52 Å². The number of hydrogen-bond acceptors (Lipinski definition) is 5. The fourth-order valence-corrected chi connectivity index (χ4v) is 1.05. The van der Waals surface area contributed by atoms with E-state index in [2.05, 4.69) is 30.9 Å². The zero-order chi connectivity index (χ0) is 10.8. The Hall–Kier alpha value is -0.940. The van der Waals surface area contributed by atoms with Crippen molar-refractivity contribution in [2.75, 3.05) is 6.54 Å². The molecule has 1 aromatic heterocycles. The van der Waals surface area contributed by atoms with Gasteiger partial charge in [-0.25, -0.2) is 0 Å². The van der Waals surface area contributed by atoms with Gasteiger partial charge in [0.1, 0.15) is 6.10 Å². The molecule has 0 aromatic carbocycles. The summed E-state index contributed by atoms with van der Waals surface area (Å²) < 4.78 is 4.87. The van der Waals surface area contributed by atoms with E-state index in [0.717, 1.165) is 0 Å². The molecule has 1 atom stereocenters. The second kappa shape index (κ2) is 4.06. The van der Waals surface area contributed by atoms with Gasteiger partial charge in [0, 0.05) is 13.0 Å². The van der Waals surface area contributed by atoms with Gasteiger partial charge >= 0.3 is 0 Å². The minimum Gasteiger partial charge on any atom is -0.382 e. The van der Waals surface area contributed by atoms with E-state index in [0.29, 0.717) is 12.2 Å². The summed E-state index contributed by atoms with van der Waals surface area (Å²) in [6.45, 7) is 6.35. The van der Waals surface area contributed by atoms with E-state index in [1.807, 2.05) is 0 Å². The van der Waals surface area contributed by atoms with Crippen LogP contribution >= 0.6 is 0 Å². The third-order valence-electron chi connectivity index (χ3n) is 1.68. The van der Waals surface area contributed by atoms with Crippen LogP contribution in [0.2, 0.25) is 0 Å². The average Bonchev–Trinajstić information content (AvgIpc) is 2.48. The summed E-state index contributed by atoms with van der Waals surface area (Å²) >= 11 is 0. The highest BCUT2D eigenvalue weighted by atomic mass is 16.5. The van der Waals surface area contributed by atoms with Gasteiger partial charge in [0.2, 0.25) is 0 Å². The van der Waals surface area contributed by atoms with Crippen molar-refractivity contribution in [3.05, 3.63) is 11.7 Å². The molecular formula is C9H17N3O2. The maximum Gasteiger partial charge on any atom is 0.256 e. The highest BCUT2D eigenvalue weighted by Gasteiger charge is 2.18. The molecule has 1 heterocycles. The normalized spacial score (nSPS) is 14.4. The molecule has 0 radical (unpaired) electrons. The summed E-state index contributed by atoms with van der Waals surface area (Å²) in [6.07, 6.45) is -0.135. The number of hydrogen-bond donors (Lipinski definition) is 2. The van der Waals surface area contributed by atoms with Gasteiger partial charge in [0.15, 0.2) is 5.82 Å². The predicted molar refractivity (Wildman–Crippen MR) is 51.5 cm³/mol. The van der Waals surface area contributed by atoms with Crippen molar-refractivity contribution in [3.8, 4) is 0 Å². The second-order valence-corrected chi connectivity index (χ2v) is 4.54. The van der Waals surface area contributed by atoms with Gasteiger partial charge in [-0.05, 0) is 5.41 Å². The lowest BCUT2D eigenvalue weighted by Crippen LogP contribution is -2.13. The van der Waals surface area contributed by atoms with Crippen molar-refractivity contribution in [2.45, 2.75) is 33.3 Å². The van der Waals surface area contributed by atoms with Gasteiger partial charge in [0.05, 0.1) is 0 Å². The van der Waals surface area contributed by atoms with Crippen molar-refractivity contribution in [2.24, 2.45) is 11.1 Å². The molecular weight excluding hydrogens is 182 g/mol. The monoisotopic (exact) mass is 199 g/mol. The first kappa shape index (κ1) is 11.1. The zero-order valence-electron chi connectivity index (χ0n) is 8.82. The van der Waals surface area contributed by atoms with Crippen LogP contribution in [-0.2, 0) is 6.42 Å². The maximum atomic E-state index is 9.32. The number of nitrogens with two attached hydrogens (primary N) is 1. The van der Waals surface area contributed by atoms with Gasteiger partial charge in [0.25, 0.3) is 5.89 Å². The Kier molecular flexibility index (Phi) is 3.23. The molecule has 3 N–H and O–H groups in total. The van der Waals surface area contributed by atoms with Crippen molar-refractivity contribution < 1.29 is 9.63 Å². The maximum absolute atomic E-state index is 9.32. The van der Waals surface area contributed by atoms with Crippen LogP contribution in [0.25, 0.3) is 0 Å². The Morgan fingerprint density at radius 2 is 2.14 bits per heavy atom. The summed E-state index contributed by atoms with van der Waals surface area (Å²) in [4.78, 5) is 4.06. The molecule has 0 aliphatic rings. The van der Waals surface area contributed by atoms with E-state index in [-0.39, 0.29) is 17.9 Å². The van der Waals surface area contributed by atoms with Crippen LogP contribution in [0.5, 0.6) is 0 Å². The van der Waals surface area contributed by atoms with Gasteiger partial charge in [-0.15, -0.1) is 0 Å². The van der Waals surface area contributed by atoms with Crippen LogP contribution in [-0.4, -0.2) is 21.8 Å². The molecule has 80 valence electrons. The Balaban J connectivity index is 2.69. The molecule has 0 amide bonds. The molecule has 14 heavy (non-hydrogen) atoms. The van der Waals surface area contributed by atoms with E-state index in [1.54, 1.807) is 0 Å². The van der Waals surface area contributed by atoms with Gasteiger partial charge in [-0.2, -0.15) is 4.98 Å².